The lowest BCUT2D eigenvalue weighted by Gasteiger charge is -2.06. The largest absolute Gasteiger partial charge is 0.361 e. The van der Waals surface area contributed by atoms with Crippen LogP contribution in [0.5, 0.6) is 0 Å². The van der Waals surface area contributed by atoms with Gasteiger partial charge in [-0.3, -0.25) is 9.59 Å². The van der Waals surface area contributed by atoms with Crippen molar-refractivity contribution in [3.8, 4) is 0 Å². The maximum atomic E-state index is 11.6. The second-order valence-electron chi connectivity index (χ2n) is 4.75. The minimum absolute atomic E-state index is 0.0273. The number of aromatic nitrogens is 1. The van der Waals surface area contributed by atoms with Gasteiger partial charge in [-0.2, -0.15) is 0 Å². The molecule has 6 nitrogen and oxygen atoms in total. The van der Waals surface area contributed by atoms with E-state index in [4.69, 9.17) is 4.52 Å². The maximum Gasteiger partial charge on any atom is 0.230 e. The third-order valence-electron chi connectivity index (χ3n) is 2.91. The Morgan fingerprint density at radius 1 is 1.19 bits per heavy atom. The second kappa shape index (κ2) is 9.44. The number of hydrogen-bond donors (Lipinski definition) is 2. The molecule has 0 bridgehead atoms. The predicted molar refractivity (Wildman–Crippen MR) is 83.1 cm³/mol. The Balaban J connectivity index is 2.13. The number of hydrogen-bond acceptors (Lipinski definition) is 5. The first kappa shape index (κ1) is 17.6. The molecule has 0 spiro atoms. The van der Waals surface area contributed by atoms with Gasteiger partial charge in [-0.1, -0.05) is 12.1 Å². The van der Waals surface area contributed by atoms with Crippen molar-refractivity contribution in [2.75, 3.05) is 18.8 Å². The van der Waals surface area contributed by atoms with Gasteiger partial charge in [-0.15, -0.1) is 11.8 Å². The molecule has 0 atom stereocenters. The number of amides is 2. The third kappa shape index (κ3) is 6.66. The van der Waals surface area contributed by atoms with Crippen molar-refractivity contribution in [2.24, 2.45) is 0 Å². The zero-order valence-electron chi connectivity index (χ0n) is 12.8. The first-order chi connectivity index (χ1) is 10.0. The highest BCUT2D eigenvalue weighted by molar-refractivity contribution is 7.99. The Hall–Kier alpha value is -1.50. The van der Waals surface area contributed by atoms with Gasteiger partial charge < -0.3 is 15.2 Å². The van der Waals surface area contributed by atoms with Gasteiger partial charge in [-0.25, -0.2) is 0 Å². The van der Waals surface area contributed by atoms with E-state index in [0.29, 0.717) is 31.0 Å². The van der Waals surface area contributed by atoms with E-state index in [2.05, 4.69) is 15.8 Å². The van der Waals surface area contributed by atoms with Gasteiger partial charge in [0.15, 0.2) is 0 Å². The molecule has 118 valence electrons. The average molecular weight is 313 g/mol. The van der Waals surface area contributed by atoms with Crippen LogP contribution in [0.3, 0.4) is 0 Å². The lowest BCUT2D eigenvalue weighted by molar-refractivity contribution is -0.121. The number of thioether (sulfide) groups is 1. The number of aryl methyl sites for hydroxylation is 2. The fourth-order valence-electron chi connectivity index (χ4n) is 1.67. The molecule has 0 radical (unpaired) electrons. The Bertz CT molecular complexity index is 455. The van der Waals surface area contributed by atoms with Crippen LogP contribution in [-0.2, 0) is 15.3 Å². The highest BCUT2D eigenvalue weighted by atomic mass is 32.2. The lowest BCUT2D eigenvalue weighted by atomic mass is 10.2. The van der Waals surface area contributed by atoms with Crippen LogP contribution in [0.15, 0.2) is 4.52 Å². The van der Waals surface area contributed by atoms with Crippen molar-refractivity contribution in [3.63, 3.8) is 0 Å². The van der Waals surface area contributed by atoms with Crippen molar-refractivity contribution in [3.05, 3.63) is 17.0 Å². The standard InChI is InChI=1S/C14H23N3O3S/c1-4-6-15-13(18)5-7-16-14(19)9-21-8-12-10(2)17-20-11(12)3/h4-9H2,1-3H3,(H,15,18)(H,16,19). The van der Waals surface area contributed by atoms with Gasteiger partial charge >= 0.3 is 0 Å². The van der Waals surface area contributed by atoms with Crippen LogP contribution in [0.25, 0.3) is 0 Å². The molecule has 1 heterocycles. The quantitative estimate of drug-likeness (QED) is 0.723. The molecule has 0 aromatic carbocycles. The van der Waals surface area contributed by atoms with E-state index >= 15 is 0 Å². The highest BCUT2D eigenvalue weighted by Gasteiger charge is 2.10. The first-order valence-electron chi connectivity index (χ1n) is 7.07. The molecule has 1 rings (SSSR count). The SMILES string of the molecule is CCCNC(=O)CCNC(=O)CSCc1c(C)noc1C. The number of carbonyl (C=O) groups is 2. The van der Waals surface area contributed by atoms with Crippen LogP contribution in [0.1, 0.15) is 36.8 Å². The van der Waals surface area contributed by atoms with Crippen molar-refractivity contribution in [1.29, 1.82) is 0 Å². The van der Waals surface area contributed by atoms with E-state index in [-0.39, 0.29) is 11.8 Å². The van der Waals surface area contributed by atoms with Crippen LogP contribution in [0.2, 0.25) is 0 Å². The molecule has 0 saturated heterocycles. The molecule has 0 saturated carbocycles. The summed E-state index contributed by atoms with van der Waals surface area (Å²) in [6, 6.07) is 0. The van der Waals surface area contributed by atoms with Crippen LogP contribution < -0.4 is 10.6 Å². The summed E-state index contributed by atoms with van der Waals surface area (Å²) >= 11 is 1.51. The summed E-state index contributed by atoms with van der Waals surface area (Å²) in [5.74, 6) is 1.77. The molecule has 2 amide bonds. The molecule has 0 unspecified atom stereocenters. The molecule has 0 aliphatic carbocycles. The maximum absolute atomic E-state index is 11.6. The Labute approximate surface area is 129 Å². The van der Waals surface area contributed by atoms with Gasteiger partial charge in [0.1, 0.15) is 5.76 Å². The predicted octanol–water partition coefficient (Wildman–Crippen LogP) is 1.56. The van der Waals surface area contributed by atoms with Gasteiger partial charge in [0.25, 0.3) is 0 Å². The second-order valence-corrected chi connectivity index (χ2v) is 5.73. The summed E-state index contributed by atoms with van der Waals surface area (Å²) in [6.07, 6.45) is 1.23. The van der Waals surface area contributed by atoms with Gasteiger partial charge in [0.05, 0.1) is 11.4 Å². The van der Waals surface area contributed by atoms with Gasteiger partial charge in [0, 0.05) is 30.8 Å². The monoisotopic (exact) mass is 313 g/mol. The van der Waals surface area contributed by atoms with Crippen LogP contribution in [0, 0.1) is 13.8 Å². The number of nitrogens with zero attached hydrogens (tertiary/aromatic N) is 1. The molecule has 7 heteroatoms. The molecule has 0 fully saturated rings. The normalized spacial score (nSPS) is 10.4. The summed E-state index contributed by atoms with van der Waals surface area (Å²) < 4.78 is 5.07. The zero-order chi connectivity index (χ0) is 15.7. The Morgan fingerprint density at radius 3 is 2.52 bits per heavy atom. The minimum atomic E-state index is -0.0601. The summed E-state index contributed by atoms with van der Waals surface area (Å²) in [7, 11) is 0. The van der Waals surface area contributed by atoms with Crippen LogP contribution >= 0.6 is 11.8 Å². The molecule has 21 heavy (non-hydrogen) atoms. The molecule has 2 N–H and O–H groups in total. The fourth-order valence-corrected chi connectivity index (χ4v) is 2.68. The van der Waals surface area contributed by atoms with Crippen LogP contribution in [0.4, 0.5) is 0 Å². The molecular weight excluding hydrogens is 290 g/mol. The molecule has 0 aliphatic heterocycles. The van der Waals surface area contributed by atoms with E-state index < -0.39 is 0 Å². The van der Waals surface area contributed by atoms with E-state index in [0.717, 1.165) is 23.4 Å². The molecular formula is C14H23N3O3S. The lowest BCUT2D eigenvalue weighted by Crippen LogP contribution is -2.31. The zero-order valence-corrected chi connectivity index (χ0v) is 13.6. The van der Waals surface area contributed by atoms with Crippen molar-refractivity contribution >= 4 is 23.6 Å². The number of carbonyl (C=O) groups excluding carboxylic acids is 2. The van der Waals surface area contributed by atoms with E-state index in [1.165, 1.54) is 11.8 Å². The van der Waals surface area contributed by atoms with Crippen molar-refractivity contribution < 1.29 is 14.1 Å². The Morgan fingerprint density at radius 2 is 1.90 bits per heavy atom. The summed E-state index contributed by atoms with van der Waals surface area (Å²) in [6.45, 7) is 6.81. The van der Waals surface area contributed by atoms with E-state index in [1.807, 2.05) is 20.8 Å². The third-order valence-corrected chi connectivity index (χ3v) is 3.87. The van der Waals surface area contributed by atoms with Crippen molar-refractivity contribution in [1.82, 2.24) is 15.8 Å². The highest BCUT2D eigenvalue weighted by Crippen LogP contribution is 2.19. The summed E-state index contributed by atoms with van der Waals surface area (Å²) in [4.78, 5) is 23.0. The average Bonchev–Trinajstić information content (AvgIpc) is 2.76. The molecule has 0 aliphatic rings. The summed E-state index contributed by atoms with van der Waals surface area (Å²) in [5, 5.41) is 9.38. The van der Waals surface area contributed by atoms with Crippen LogP contribution in [-0.4, -0.2) is 35.8 Å². The molecule has 1 aromatic rings. The van der Waals surface area contributed by atoms with E-state index in [1.54, 1.807) is 0 Å². The first-order valence-corrected chi connectivity index (χ1v) is 8.23. The number of nitrogens with one attached hydrogen (secondary N) is 2. The topological polar surface area (TPSA) is 84.2 Å². The minimum Gasteiger partial charge on any atom is -0.361 e. The number of rotatable bonds is 9. The fraction of sp³-hybridized carbons (Fsp3) is 0.643. The van der Waals surface area contributed by atoms with Gasteiger partial charge in [0.2, 0.25) is 11.8 Å². The van der Waals surface area contributed by atoms with Gasteiger partial charge in [-0.05, 0) is 20.3 Å². The van der Waals surface area contributed by atoms with E-state index in [9.17, 15) is 9.59 Å². The van der Waals surface area contributed by atoms with Crippen molar-refractivity contribution in [2.45, 2.75) is 39.4 Å². The molecule has 1 aromatic heterocycles. The summed E-state index contributed by atoms with van der Waals surface area (Å²) in [5.41, 5.74) is 1.92. The Kier molecular flexibility index (Phi) is 7.89. The smallest absolute Gasteiger partial charge is 0.230 e.